The number of carbonyl (C=O) groups excluding carboxylic acids is 1. The van der Waals surface area contributed by atoms with E-state index in [1.165, 1.54) is 0 Å². The molecule has 0 spiro atoms. The number of ketones is 1. The fourth-order valence-corrected chi connectivity index (χ4v) is 5.99. The Labute approximate surface area is 193 Å². The van der Waals surface area contributed by atoms with E-state index < -0.39 is 9.84 Å². The maximum absolute atomic E-state index is 12.6. The molecule has 0 bridgehead atoms. The number of nitrogens with one attached hydrogen (secondary N) is 2. The Hall–Kier alpha value is -2.10. The monoisotopic (exact) mass is 477 g/mol. The van der Waals surface area contributed by atoms with Gasteiger partial charge in [-0.3, -0.25) is 14.8 Å². The smallest absolute Gasteiger partial charge is 0.150 e. The quantitative estimate of drug-likeness (QED) is 0.625. The third-order valence-electron chi connectivity index (χ3n) is 6.18. The number of carbonyl (C=O) groups is 1. The first-order valence-electron chi connectivity index (χ1n) is 11.0. The Morgan fingerprint density at radius 1 is 1.19 bits per heavy atom. The zero-order valence-corrected chi connectivity index (χ0v) is 19.5. The van der Waals surface area contributed by atoms with Gasteiger partial charge in [0.1, 0.15) is 21.4 Å². The van der Waals surface area contributed by atoms with Gasteiger partial charge >= 0.3 is 0 Å². The van der Waals surface area contributed by atoms with Crippen molar-refractivity contribution in [3.63, 3.8) is 0 Å². The van der Waals surface area contributed by atoms with Crippen molar-refractivity contribution in [3.05, 3.63) is 35.4 Å². The molecule has 2 saturated heterocycles. The Balaban J connectivity index is 1.42. The lowest BCUT2D eigenvalue weighted by atomic mass is 9.92. The topological polar surface area (TPSA) is 114 Å². The maximum atomic E-state index is 12.6. The number of anilines is 1. The van der Waals surface area contributed by atoms with Gasteiger partial charge in [-0.2, -0.15) is 0 Å². The van der Waals surface area contributed by atoms with Crippen molar-refractivity contribution in [2.45, 2.75) is 32.1 Å². The molecule has 172 valence electrons. The molecular formula is C22H28ClN5O3S. The van der Waals surface area contributed by atoms with Crippen LogP contribution in [0, 0.1) is 11.8 Å². The molecule has 0 aromatic carbocycles. The van der Waals surface area contributed by atoms with Crippen LogP contribution in [0.1, 0.15) is 31.4 Å². The Morgan fingerprint density at radius 2 is 2.00 bits per heavy atom. The van der Waals surface area contributed by atoms with Crippen molar-refractivity contribution in [3.8, 4) is 11.3 Å². The van der Waals surface area contributed by atoms with Gasteiger partial charge in [0.25, 0.3) is 0 Å². The number of hydrogen-bond donors (Lipinski definition) is 2. The third-order valence-corrected chi connectivity index (χ3v) is 8.19. The first kappa shape index (κ1) is 23.1. The molecule has 0 radical (unpaired) electrons. The standard InChI is InChI=1S/C22H28ClN5O3S/c23-19-12-26-17(9-21(29)16-2-1-5-24-11-16)8-18(19)20-13-25-14-22(28-20)27-10-15-3-6-32(30,31)7-4-15/h8,12-16,24H,1-7,9-11H2,(H,27,28)/t16-/m1/s1. The van der Waals surface area contributed by atoms with Crippen molar-refractivity contribution in [2.75, 3.05) is 36.5 Å². The second kappa shape index (κ2) is 10.2. The number of hydrogen-bond acceptors (Lipinski definition) is 8. The average molecular weight is 478 g/mol. The van der Waals surface area contributed by atoms with Crippen LogP contribution < -0.4 is 10.6 Å². The lowest BCUT2D eigenvalue weighted by Crippen LogP contribution is -2.35. The maximum Gasteiger partial charge on any atom is 0.150 e. The van der Waals surface area contributed by atoms with E-state index in [1.54, 1.807) is 18.6 Å². The first-order chi connectivity index (χ1) is 15.4. The summed E-state index contributed by atoms with van der Waals surface area (Å²) in [6, 6.07) is 1.82. The summed E-state index contributed by atoms with van der Waals surface area (Å²) in [5.41, 5.74) is 1.95. The van der Waals surface area contributed by atoms with Crippen LogP contribution in [0.15, 0.2) is 24.7 Å². The lowest BCUT2D eigenvalue weighted by Gasteiger charge is -2.22. The molecule has 2 aliphatic rings. The van der Waals surface area contributed by atoms with Crippen molar-refractivity contribution < 1.29 is 13.2 Å². The third kappa shape index (κ3) is 6.02. The fraction of sp³-hybridized carbons (Fsp3) is 0.545. The summed E-state index contributed by atoms with van der Waals surface area (Å²) >= 11 is 6.39. The predicted molar refractivity (Wildman–Crippen MR) is 124 cm³/mol. The molecule has 32 heavy (non-hydrogen) atoms. The molecule has 0 amide bonds. The van der Waals surface area contributed by atoms with Crippen molar-refractivity contribution in [1.82, 2.24) is 20.3 Å². The molecule has 0 unspecified atom stereocenters. The molecule has 2 N–H and O–H groups in total. The van der Waals surface area contributed by atoms with Gasteiger partial charge in [0.2, 0.25) is 0 Å². The largest absolute Gasteiger partial charge is 0.368 e. The molecule has 2 fully saturated rings. The number of rotatable bonds is 7. The molecule has 2 aliphatic heterocycles. The van der Waals surface area contributed by atoms with Gasteiger partial charge in [-0.05, 0) is 44.2 Å². The number of piperidine rings is 1. The molecule has 0 aliphatic carbocycles. The average Bonchev–Trinajstić information content (AvgIpc) is 2.80. The Kier molecular flexibility index (Phi) is 7.37. The Morgan fingerprint density at radius 3 is 2.75 bits per heavy atom. The summed E-state index contributed by atoms with van der Waals surface area (Å²) in [5.74, 6) is 1.61. The number of aromatic nitrogens is 3. The van der Waals surface area contributed by atoms with Crippen molar-refractivity contribution >= 4 is 33.0 Å². The van der Waals surface area contributed by atoms with E-state index in [2.05, 4.69) is 25.6 Å². The van der Waals surface area contributed by atoms with E-state index in [4.69, 9.17) is 11.6 Å². The highest BCUT2D eigenvalue weighted by molar-refractivity contribution is 7.91. The van der Waals surface area contributed by atoms with Crippen LogP contribution in [0.2, 0.25) is 5.02 Å². The minimum Gasteiger partial charge on any atom is -0.368 e. The zero-order valence-electron chi connectivity index (χ0n) is 17.9. The zero-order chi connectivity index (χ0) is 22.6. The van der Waals surface area contributed by atoms with Crippen LogP contribution in [-0.4, -0.2) is 60.3 Å². The van der Waals surface area contributed by atoms with Crippen LogP contribution in [0.3, 0.4) is 0 Å². The second-order valence-corrected chi connectivity index (χ2v) is 11.3. The van der Waals surface area contributed by atoms with E-state index in [1.807, 2.05) is 6.07 Å². The molecular weight excluding hydrogens is 450 g/mol. The van der Waals surface area contributed by atoms with Crippen molar-refractivity contribution in [1.29, 1.82) is 0 Å². The Bertz CT molecular complexity index is 1060. The summed E-state index contributed by atoms with van der Waals surface area (Å²) in [7, 11) is -2.87. The molecule has 10 heteroatoms. The van der Waals surface area contributed by atoms with Crippen LogP contribution >= 0.6 is 11.6 Å². The number of halogens is 1. The van der Waals surface area contributed by atoms with Crippen LogP contribution in [0.25, 0.3) is 11.3 Å². The van der Waals surface area contributed by atoms with Gasteiger partial charge in [0, 0.05) is 42.9 Å². The summed E-state index contributed by atoms with van der Waals surface area (Å²) in [4.78, 5) is 25.9. The first-order valence-corrected chi connectivity index (χ1v) is 13.2. The highest BCUT2D eigenvalue weighted by Crippen LogP contribution is 2.28. The molecule has 2 aromatic heterocycles. The van der Waals surface area contributed by atoms with Gasteiger partial charge in [-0.15, -0.1) is 0 Å². The molecule has 4 rings (SSSR count). The SMILES string of the molecule is O=C(Cc1cc(-c2cncc(NCC3CCS(=O)(=O)CC3)n2)c(Cl)cn1)[C@@H]1CCCNC1. The lowest BCUT2D eigenvalue weighted by molar-refractivity contribution is -0.122. The van der Waals surface area contributed by atoms with Gasteiger partial charge in [-0.1, -0.05) is 11.6 Å². The molecule has 1 atom stereocenters. The highest BCUT2D eigenvalue weighted by atomic mass is 35.5. The number of pyridine rings is 1. The number of Topliss-reactive ketones (excluding diaryl/α,β-unsaturated/α-hetero) is 1. The number of sulfone groups is 1. The fourth-order valence-electron chi connectivity index (χ4n) is 4.20. The highest BCUT2D eigenvalue weighted by Gasteiger charge is 2.24. The summed E-state index contributed by atoms with van der Waals surface area (Å²) in [6.45, 7) is 2.34. The van der Waals surface area contributed by atoms with Gasteiger partial charge < -0.3 is 10.6 Å². The van der Waals surface area contributed by atoms with Crippen LogP contribution in [0.4, 0.5) is 5.82 Å². The molecule has 8 nitrogen and oxygen atoms in total. The van der Waals surface area contributed by atoms with Crippen LogP contribution in [0.5, 0.6) is 0 Å². The van der Waals surface area contributed by atoms with E-state index in [0.29, 0.717) is 53.1 Å². The van der Waals surface area contributed by atoms with Gasteiger partial charge in [0.05, 0.1) is 34.6 Å². The van der Waals surface area contributed by atoms with Gasteiger partial charge in [-0.25, -0.2) is 13.4 Å². The van der Waals surface area contributed by atoms with Crippen molar-refractivity contribution in [2.24, 2.45) is 11.8 Å². The van der Waals surface area contributed by atoms with E-state index in [9.17, 15) is 13.2 Å². The minimum atomic E-state index is -2.87. The predicted octanol–water partition coefficient (Wildman–Crippen LogP) is 2.54. The minimum absolute atomic E-state index is 0.0340. The van der Waals surface area contributed by atoms with Gasteiger partial charge in [0.15, 0.2) is 0 Å². The van der Waals surface area contributed by atoms with Crippen LogP contribution in [-0.2, 0) is 21.1 Å². The summed E-state index contributed by atoms with van der Waals surface area (Å²) in [6.07, 6.45) is 8.35. The molecule has 2 aromatic rings. The van der Waals surface area contributed by atoms with E-state index in [0.717, 1.165) is 25.9 Å². The van der Waals surface area contributed by atoms with E-state index >= 15 is 0 Å². The second-order valence-electron chi connectivity index (χ2n) is 8.61. The summed E-state index contributed by atoms with van der Waals surface area (Å²) in [5, 5.41) is 7.00. The summed E-state index contributed by atoms with van der Waals surface area (Å²) < 4.78 is 23.2. The normalized spacial score (nSPS) is 21.2. The number of nitrogens with zero attached hydrogens (tertiary/aromatic N) is 3. The molecule has 0 saturated carbocycles. The molecule has 4 heterocycles. The van der Waals surface area contributed by atoms with E-state index in [-0.39, 0.29) is 29.6 Å².